The van der Waals surface area contributed by atoms with Crippen LogP contribution in [0.3, 0.4) is 0 Å². The topological polar surface area (TPSA) is 46.3 Å². The van der Waals surface area contributed by atoms with E-state index >= 15 is 0 Å². The van der Waals surface area contributed by atoms with E-state index in [4.69, 9.17) is 5.73 Å². The number of thioether (sulfide) groups is 1. The molecule has 0 aliphatic heterocycles. The summed E-state index contributed by atoms with van der Waals surface area (Å²) in [6.07, 6.45) is 8.03. The number of nitrogens with two attached hydrogens (primary N) is 1. The maximum atomic E-state index is 11.9. The average molecular weight is 244 g/mol. The summed E-state index contributed by atoms with van der Waals surface area (Å²) in [6, 6.07) is -0.307. The summed E-state index contributed by atoms with van der Waals surface area (Å²) in [5.74, 6) is 1.78. The van der Waals surface area contributed by atoms with E-state index in [2.05, 4.69) is 0 Å². The van der Waals surface area contributed by atoms with E-state index < -0.39 is 0 Å². The zero-order valence-electron chi connectivity index (χ0n) is 10.4. The Bertz CT molecular complexity index is 217. The van der Waals surface area contributed by atoms with Crippen molar-refractivity contribution in [1.82, 2.24) is 4.90 Å². The van der Waals surface area contributed by atoms with Gasteiger partial charge >= 0.3 is 0 Å². The fourth-order valence-electron chi connectivity index (χ4n) is 2.32. The Morgan fingerprint density at radius 2 is 2.12 bits per heavy atom. The standard InChI is InChI=1S/C12H24N2OS/c1-14(9-10-5-3-4-6-10)12(15)11(13)7-8-16-2/h10-11H,3-9,13H2,1-2H3/t11-/m0/s1. The van der Waals surface area contributed by atoms with Crippen molar-refractivity contribution in [3.63, 3.8) is 0 Å². The molecular weight excluding hydrogens is 220 g/mol. The first-order chi connectivity index (χ1) is 7.65. The number of rotatable bonds is 6. The van der Waals surface area contributed by atoms with Gasteiger partial charge in [-0.1, -0.05) is 12.8 Å². The summed E-state index contributed by atoms with van der Waals surface area (Å²) in [5, 5.41) is 0. The van der Waals surface area contributed by atoms with E-state index in [1.54, 1.807) is 11.8 Å². The highest BCUT2D eigenvalue weighted by molar-refractivity contribution is 7.98. The molecule has 0 heterocycles. The Kier molecular flexibility index (Phi) is 6.21. The van der Waals surface area contributed by atoms with Crippen LogP contribution in [0, 0.1) is 5.92 Å². The van der Waals surface area contributed by atoms with Gasteiger partial charge in [0.2, 0.25) is 5.91 Å². The summed E-state index contributed by atoms with van der Waals surface area (Å²) >= 11 is 1.74. The van der Waals surface area contributed by atoms with Crippen molar-refractivity contribution >= 4 is 17.7 Å². The second-order valence-corrected chi connectivity index (χ2v) is 5.74. The fraction of sp³-hybridized carbons (Fsp3) is 0.917. The van der Waals surface area contributed by atoms with Gasteiger partial charge in [-0.15, -0.1) is 0 Å². The lowest BCUT2D eigenvalue weighted by Crippen LogP contribution is -2.43. The number of hydrogen-bond acceptors (Lipinski definition) is 3. The van der Waals surface area contributed by atoms with Crippen LogP contribution in [0.15, 0.2) is 0 Å². The van der Waals surface area contributed by atoms with Gasteiger partial charge in [-0.05, 0) is 37.2 Å². The minimum absolute atomic E-state index is 0.112. The first-order valence-electron chi connectivity index (χ1n) is 6.14. The number of carbonyl (C=O) groups is 1. The van der Waals surface area contributed by atoms with Crippen LogP contribution in [0.4, 0.5) is 0 Å². The second kappa shape index (κ2) is 7.17. The van der Waals surface area contributed by atoms with E-state index in [1.165, 1.54) is 25.7 Å². The molecule has 4 heteroatoms. The quantitative estimate of drug-likeness (QED) is 0.774. The molecule has 2 N–H and O–H groups in total. The monoisotopic (exact) mass is 244 g/mol. The molecule has 16 heavy (non-hydrogen) atoms. The van der Waals surface area contributed by atoms with Gasteiger partial charge < -0.3 is 10.6 Å². The minimum atomic E-state index is -0.307. The molecule has 3 nitrogen and oxygen atoms in total. The molecular formula is C12H24N2OS. The molecule has 1 atom stereocenters. The van der Waals surface area contributed by atoms with Crippen molar-refractivity contribution < 1.29 is 4.79 Å². The van der Waals surface area contributed by atoms with Crippen molar-refractivity contribution in [2.75, 3.05) is 25.6 Å². The van der Waals surface area contributed by atoms with Crippen molar-refractivity contribution in [2.45, 2.75) is 38.1 Å². The van der Waals surface area contributed by atoms with E-state index in [1.807, 2.05) is 18.2 Å². The zero-order chi connectivity index (χ0) is 12.0. The zero-order valence-corrected chi connectivity index (χ0v) is 11.3. The SMILES string of the molecule is CSCC[C@H](N)C(=O)N(C)CC1CCCC1. The van der Waals surface area contributed by atoms with Crippen molar-refractivity contribution in [3.05, 3.63) is 0 Å². The molecule has 94 valence electrons. The molecule has 0 saturated heterocycles. The predicted molar refractivity (Wildman–Crippen MR) is 70.6 cm³/mol. The van der Waals surface area contributed by atoms with Crippen LogP contribution in [0.5, 0.6) is 0 Å². The smallest absolute Gasteiger partial charge is 0.239 e. The lowest BCUT2D eigenvalue weighted by molar-refractivity contribution is -0.131. The molecule has 0 aromatic heterocycles. The van der Waals surface area contributed by atoms with Crippen molar-refractivity contribution in [3.8, 4) is 0 Å². The number of carbonyl (C=O) groups excluding carboxylic acids is 1. The van der Waals surface area contributed by atoms with Crippen LogP contribution in [-0.2, 0) is 4.79 Å². The van der Waals surface area contributed by atoms with Gasteiger partial charge in [-0.2, -0.15) is 11.8 Å². The molecule has 0 bridgehead atoms. The highest BCUT2D eigenvalue weighted by Crippen LogP contribution is 2.25. The van der Waals surface area contributed by atoms with E-state index in [0.717, 1.165) is 18.7 Å². The molecule has 1 rings (SSSR count). The van der Waals surface area contributed by atoms with Crippen molar-refractivity contribution in [2.24, 2.45) is 11.7 Å². The number of hydrogen-bond donors (Lipinski definition) is 1. The summed E-state index contributed by atoms with van der Waals surface area (Å²) in [4.78, 5) is 13.8. The van der Waals surface area contributed by atoms with Gasteiger partial charge in [0, 0.05) is 13.6 Å². The normalized spacial score (nSPS) is 18.7. The Labute approximate surface area is 103 Å². The maximum absolute atomic E-state index is 11.9. The summed E-state index contributed by atoms with van der Waals surface area (Å²) in [5.41, 5.74) is 5.87. The lowest BCUT2D eigenvalue weighted by atomic mass is 10.1. The molecule has 0 aromatic carbocycles. The molecule has 0 unspecified atom stereocenters. The van der Waals surface area contributed by atoms with Crippen LogP contribution in [0.2, 0.25) is 0 Å². The van der Waals surface area contributed by atoms with Crippen LogP contribution >= 0.6 is 11.8 Å². The van der Waals surface area contributed by atoms with E-state index in [-0.39, 0.29) is 11.9 Å². The Balaban J connectivity index is 2.28. The number of nitrogens with zero attached hydrogens (tertiary/aromatic N) is 1. The van der Waals surface area contributed by atoms with Crippen LogP contribution < -0.4 is 5.73 Å². The Hall–Kier alpha value is -0.220. The third-order valence-corrected chi connectivity index (χ3v) is 3.98. The van der Waals surface area contributed by atoms with E-state index in [9.17, 15) is 4.79 Å². The second-order valence-electron chi connectivity index (χ2n) is 4.76. The van der Waals surface area contributed by atoms with Gasteiger partial charge in [0.05, 0.1) is 6.04 Å². The molecule has 1 amide bonds. The van der Waals surface area contributed by atoms with Gasteiger partial charge in [0.15, 0.2) is 0 Å². The van der Waals surface area contributed by atoms with Gasteiger partial charge in [0.25, 0.3) is 0 Å². The van der Waals surface area contributed by atoms with Crippen LogP contribution in [0.25, 0.3) is 0 Å². The molecule has 0 aromatic rings. The van der Waals surface area contributed by atoms with Gasteiger partial charge in [-0.3, -0.25) is 4.79 Å². The Morgan fingerprint density at radius 3 is 2.69 bits per heavy atom. The largest absolute Gasteiger partial charge is 0.344 e. The van der Waals surface area contributed by atoms with E-state index in [0.29, 0.717) is 5.92 Å². The van der Waals surface area contributed by atoms with Crippen LogP contribution in [-0.4, -0.2) is 42.4 Å². The van der Waals surface area contributed by atoms with Gasteiger partial charge in [0.1, 0.15) is 0 Å². The van der Waals surface area contributed by atoms with Gasteiger partial charge in [-0.25, -0.2) is 0 Å². The molecule has 0 spiro atoms. The summed E-state index contributed by atoms with van der Waals surface area (Å²) in [6.45, 7) is 0.895. The molecule has 1 aliphatic rings. The maximum Gasteiger partial charge on any atom is 0.239 e. The number of amides is 1. The average Bonchev–Trinajstić information content (AvgIpc) is 2.77. The Morgan fingerprint density at radius 1 is 1.50 bits per heavy atom. The highest BCUT2D eigenvalue weighted by Gasteiger charge is 2.22. The molecule has 1 saturated carbocycles. The number of likely N-dealkylation sites (N-methyl/N-ethyl adjacent to an activating group) is 1. The van der Waals surface area contributed by atoms with Crippen LogP contribution in [0.1, 0.15) is 32.1 Å². The molecule has 1 fully saturated rings. The highest BCUT2D eigenvalue weighted by atomic mass is 32.2. The minimum Gasteiger partial charge on any atom is -0.344 e. The third kappa shape index (κ3) is 4.34. The lowest BCUT2D eigenvalue weighted by Gasteiger charge is -2.24. The molecule has 0 radical (unpaired) electrons. The molecule has 1 aliphatic carbocycles. The summed E-state index contributed by atoms with van der Waals surface area (Å²) in [7, 11) is 1.89. The summed E-state index contributed by atoms with van der Waals surface area (Å²) < 4.78 is 0. The van der Waals surface area contributed by atoms with Crippen molar-refractivity contribution in [1.29, 1.82) is 0 Å². The predicted octanol–water partition coefficient (Wildman–Crippen LogP) is 1.72. The fourth-order valence-corrected chi connectivity index (χ4v) is 2.81. The first kappa shape index (κ1) is 13.8. The first-order valence-corrected chi connectivity index (χ1v) is 7.54. The third-order valence-electron chi connectivity index (χ3n) is 3.33.